The highest BCUT2D eigenvalue weighted by Gasteiger charge is 2.33. The van der Waals surface area contributed by atoms with Crippen LogP contribution in [0.5, 0.6) is 0 Å². The van der Waals surface area contributed by atoms with E-state index in [1.807, 2.05) is 88.4 Å². The average Bonchev–Trinajstić information content (AvgIpc) is 3.49. The van der Waals surface area contributed by atoms with Crippen LogP contribution in [0.1, 0.15) is 98.1 Å². The van der Waals surface area contributed by atoms with E-state index >= 15 is 0 Å². The number of nitrogens with two attached hydrogens (primary N) is 1. The zero-order chi connectivity index (χ0) is 45.1. The highest BCUT2D eigenvalue weighted by atomic mass is 16.6. The first-order valence-corrected chi connectivity index (χ1v) is 21.4. The molecule has 340 valence electrons. The Balaban J connectivity index is 0.000000334. The predicted molar refractivity (Wildman–Crippen MR) is 231 cm³/mol. The lowest BCUT2D eigenvalue weighted by atomic mass is 10.0. The fraction of sp³-hybridized carbons (Fsp3) is 0.622. The maximum absolute atomic E-state index is 13.0. The summed E-state index contributed by atoms with van der Waals surface area (Å²) < 4.78 is 16.0. The van der Waals surface area contributed by atoms with Gasteiger partial charge in [-0.1, -0.05) is 88.4 Å². The molecule has 2 aromatic rings. The molecule has 0 bridgehead atoms. The Morgan fingerprint density at radius 1 is 0.705 bits per heavy atom. The number of hydrogen-bond donors (Lipinski definition) is 6. The molecule has 0 radical (unpaired) electrons. The van der Waals surface area contributed by atoms with Crippen molar-refractivity contribution in [2.45, 2.75) is 142 Å². The summed E-state index contributed by atoms with van der Waals surface area (Å²) in [5, 5.41) is 29.5. The molecule has 4 unspecified atom stereocenters. The van der Waals surface area contributed by atoms with Gasteiger partial charge in [0.25, 0.3) is 0 Å². The number of aliphatic hydroxyl groups excluding tert-OH is 2. The highest BCUT2D eigenvalue weighted by Crippen LogP contribution is 2.17. The maximum Gasteiger partial charge on any atom is 0.410 e. The molecule has 0 aromatic heterocycles. The molecule has 16 nitrogen and oxygen atoms in total. The van der Waals surface area contributed by atoms with Gasteiger partial charge in [0.05, 0.1) is 43.4 Å². The van der Waals surface area contributed by atoms with E-state index in [1.54, 1.807) is 20.8 Å². The van der Waals surface area contributed by atoms with Crippen LogP contribution < -0.4 is 21.7 Å². The molecule has 16 heteroatoms. The molecular weight excluding hydrogens is 785 g/mol. The number of nitrogens with one attached hydrogen (secondary N) is 3. The normalized spacial score (nSPS) is 20.5. The summed E-state index contributed by atoms with van der Waals surface area (Å²) >= 11 is 0. The first kappa shape index (κ1) is 50.4. The minimum Gasteiger partial charge on any atom is -0.445 e. The van der Waals surface area contributed by atoms with E-state index in [1.165, 1.54) is 9.80 Å². The van der Waals surface area contributed by atoms with E-state index in [-0.39, 0.29) is 44.0 Å². The highest BCUT2D eigenvalue weighted by molar-refractivity contribution is 5.86. The second-order valence-corrected chi connectivity index (χ2v) is 17.7. The standard InChI is InChI=1S/C25H39N3O6.C20H31N3O4/c1-17(2)14-20(27-23(31)34-25(3,4)5)22(30)26-19-12-9-13-28(15-21(19)29)24(32)33-16-18-10-7-6-8-11-18;1-14(2)11-16(21)19(25)22-17-9-6-10-23(12-18(17)24)20(26)27-13-15-7-4-3-5-8-15/h6-8,10-11,17,19-21,29H,9,12-16H2,1-5H3,(H,26,30)(H,27,31);3-5,7-8,14,16-18,24H,6,9-13,21H2,1-2H3,(H,22,25)/t19?,20-,21?;16-,17?,18?/m00/s1. The first-order chi connectivity index (χ1) is 28.8. The Hall–Kier alpha value is -4.93. The van der Waals surface area contributed by atoms with Gasteiger partial charge in [-0.15, -0.1) is 0 Å². The van der Waals surface area contributed by atoms with Gasteiger partial charge in [0.1, 0.15) is 24.9 Å². The SMILES string of the molecule is CC(C)C[C@H](N)C(=O)NC1CCCN(C(=O)OCc2ccccc2)CC1O.CC(C)C[C@H](NC(=O)OC(C)(C)C)C(=O)NC1CCCN(C(=O)OCc2ccccc2)CC1O. The topological polar surface area (TPSA) is 222 Å². The van der Waals surface area contributed by atoms with Crippen LogP contribution in [0.2, 0.25) is 0 Å². The molecule has 2 heterocycles. The second-order valence-electron chi connectivity index (χ2n) is 17.7. The third kappa shape index (κ3) is 19.1. The van der Waals surface area contributed by atoms with E-state index in [2.05, 4.69) is 16.0 Å². The molecule has 2 aromatic carbocycles. The molecule has 61 heavy (non-hydrogen) atoms. The summed E-state index contributed by atoms with van der Waals surface area (Å²) in [4.78, 5) is 65.2. The molecular formula is C45H70N6O10. The summed E-state index contributed by atoms with van der Waals surface area (Å²) in [6.45, 7) is 14.6. The number of carbonyl (C=O) groups excluding carboxylic acids is 5. The Morgan fingerprint density at radius 3 is 1.54 bits per heavy atom. The van der Waals surface area contributed by atoms with Crippen molar-refractivity contribution in [2.24, 2.45) is 17.6 Å². The van der Waals surface area contributed by atoms with E-state index in [0.717, 1.165) is 11.1 Å². The molecule has 7 N–H and O–H groups in total. The minimum atomic E-state index is -0.961. The first-order valence-electron chi connectivity index (χ1n) is 21.4. The molecule has 2 aliphatic heterocycles. The fourth-order valence-corrected chi connectivity index (χ4v) is 6.91. The number of carbonyl (C=O) groups is 5. The van der Waals surface area contributed by atoms with Crippen molar-refractivity contribution < 1.29 is 48.4 Å². The predicted octanol–water partition coefficient (Wildman–Crippen LogP) is 4.84. The Labute approximate surface area is 361 Å². The van der Waals surface area contributed by atoms with Crippen LogP contribution in [0.3, 0.4) is 0 Å². The van der Waals surface area contributed by atoms with Gasteiger partial charge in [0.2, 0.25) is 11.8 Å². The number of rotatable bonds is 13. The van der Waals surface area contributed by atoms with Crippen LogP contribution in [-0.4, -0.2) is 118 Å². The van der Waals surface area contributed by atoms with Crippen molar-refractivity contribution in [3.05, 3.63) is 71.8 Å². The van der Waals surface area contributed by atoms with Crippen molar-refractivity contribution in [2.75, 3.05) is 26.2 Å². The van der Waals surface area contributed by atoms with E-state index in [0.29, 0.717) is 57.5 Å². The zero-order valence-corrected chi connectivity index (χ0v) is 37.0. The lowest BCUT2D eigenvalue weighted by molar-refractivity contribution is -0.125. The lowest BCUT2D eigenvalue weighted by Gasteiger charge is -2.28. The van der Waals surface area contributed by atoms with Crippen molar-refractivity contribution >= 4 is 30.1 Å². The number of hydrogen-bond acceptors (Lipinski definition) is 11. The van der Waals surface area contributed by atoms with Gasteiger partial charge in [0.15, 0.2) is 0 Å². The Kier molecular flexibility index (Phi) is 20.8. The van der Waals surface area contributed by atoms with Gasteiger partial charge in [0, 0.05) is 13.1 Å². The van der Waals surface area contributed by atoms with Gasteiger partial charge in [-0.3, -0.25) is 9.59 Å². The third-order valence-corrected chi connectivity index (χ3v) is 9.99. The Bertz CT molecular complexity index is 1660. The van der Waals surface area contributed by atoms with Crippen LogP contribution in [0.25, 0.3) is 0 Å². The number of nitrogens with zero attached hydrogens (tertiary/aromatic N) is 2. The van der Waals surface area contributed by atoms with Gasteiger partial charge in [-0.2, -0.15) is 0 Å². The number of likely N-dealkylation sites (tertiary alicyclic amines) is 2. The maximum atomic E-state index is 13.0. The fourth-order valence-electron chi connectivity index (χ4n) is 6.91. The van der Waals surface area contributed by atoms with Crippen molar-refractivity contribution in [3.8, 4) is 0 Å². The number of ether oxygens (including phenoxy) is 3. The molecule has 0 saturated carbocycles. The summed E-state index contributed by atoms with van der Waals surface area (Å²) in [6.07, 6.45) is -0.0802. The summed E-state index contributed by atoms with van der Waals surface area (Å²) in [6, 6.07) is 16.5. The Morgan fingerprint density at radius 2 is 1.13 bits per heavy atom. The van der Waals surface area contributed by atoms with Gasteiger partial charge < -0.3 is 55.9 Å². The van der Waals surface area contributed by atoms with Gasteiger partial charge in [-0.05, 0) is 82.3 Å². The third-order valence-electron chi connectivity index (χ3n) is 9.99. The smallest absolute Gasteiger partial charge is 0.410 e. The molecule has 2 fully saturated rings. The minimum absolute atomic E-state index is 0.0485. The molecule has 0 spiro atoms. The van der Waals surface area contributed by atoms with E-state index in [4.69, 9.17) is 19.9 Å². The van der Waals surface area contributed by atoms with Gasteiger partial charge in [-0.25, -0.2) is 14.4 Å². The second kappa shape index (κ2) is 25.1. The summed E-state index contributed by atoms with van der Waals surface area (Å²) in [5.74, 6) is -0.170. The number of β-amino-alcohol motifs (C(OH)–C–C–N with tert-alkyl or cyclic N) is 2. The molecule has 2 aliphatic rings. The van der Waals surface area contributed by atoms with Crippen LogP contribution in [-0.2, 0) is 37.0 Å². The molecule has 4 rings (SSSR count). The molecule has 0 aliphatic carbocycles. The van der Waals surface area contributed by atoms with Crippen molar-refractivity contribution in [3.63, 3.8) is 0 Å². The zero-order valence-electron chi connectivity index (χ0n) is 37.0. The van der Waals surface area contributed by atoms with Crippen molar-refractivity contribution in [1.82, 2.24) is 25.8 Å². The average molecular weight is 855 g/mol. The number of aliphatic hydroxyl groups is 2. The monoisotopic (exact) mass is 855 g/mol. The van der Waals surface area contributed by atoms with E-state index in [9.17, 15) is 34.2 Å². The van der Waals surface area contributed by atoms with Crippen molar-refractivity contribution in [1.29, 1.82) is 0 Å². The van der Waals surface area contributed by atoms with Crippen LogP contribution in [0.15, 0.2) is 60.7 Å². The number of benzene rings is 2. The summed E-state index contributed by atoms with van der Waals surface area (Å²) in [5.41, 5.74) is 7.02. The largest absolute Gasteiger partial charge is 0.445 e. The summed E-state index contributed by atoms with van der Waals surface area (Å²) in [7, 11) is 0. The molecule has 6 atom stereocenters. The van der Waals surface area contributed by atoms with E-state index < -0.39 is 60.3 Å². The lowest BCUT2D eigenvalue weighted by Crippen LogP contribution is -2.54. The number of alkyl carbamates (subject to hydrolysis) is 1. The quantitative estimate of drug-likeness (QED) is 0.150. The van der Waals surface area contributed by atoms with Crippen LogP contribution in [0, 0.1) is 11.8 Å². The van der Waals surface area contributed by atoms with Gasteiger partial charge >= 0.3 is 18.3 Å². The number of amides is 5. The van der Waals surface area contributed by atoms with Crippen LogP contribution in [0.4, 0.5) is 14.4 Å². The molecule has 2 saturated heterocycles. The molecule has 5 amide bonds. The van der Waals surface area contributed by atoms with Crippen LogP contribution >= 0.6 is 0 Å².